The molecule has 2 aromatic carbocycles. The lowest BCUT2D eigenvalue weighted by Crippen LogP contribution is -2.35. The number of piperidine rings is 1. The Kier molecular flexibility index (Phi) is 7.40. The summed E-state index contributed by atoms with van der Waals surface area (Å²) in [7, 11) is 4.92. The van der Waals surface area contributed by atoms with Crippen LogP contribution in [0.2, 0.25) is 0 Å². The van der Waals surface area contributed by atoms with Crippen molar-refractivity contribution in [3.05, 3.63) is 47.0 Å². The largest absolute Gasteiger partial charge is 0.493 e. The zero-order valence-electron chi connectivity index (χ0n) is 19.3. The van der Waals surface area contributed by atoms with E-state index in [4.69, 9.17) is 18.9 Å². The number of likely N-dealkylation sites (tertiary alicyclic amines) is 1. The van der Waals surface area contributed by atoms with E-state index in [-0.39, 0.29) is 6.10 Å². The molecule has 174 valence electrons. The Morgan fingerprint density at radius 2 is 1.69 bits per heavy atom. The average molecular weight is 443 g/mol. The molecule has 0 amide bonds. The summed E-state index contributed by atoms with van der Waals surface area (Å²) < 4.78 is 22.7. The van der Waals surface area contributed by atoms with Gasteiger partial charge in [-0.1, -0.05) is 12.1 Å². The minimum Gasteiger partial charge on any atom is -0.493 e. The van der Waals surface area contributed by atoms with Crippen molar-refractivity contribution in [3.63, 3.8) is 0 Å². The first-order valence-corrected chi connectivity index (χ1v) is 11.3. The highest BCUT2D eigenvalue weighted by atomic mass is 16.5. The van der Waals surface area contributed by atoms with Crippen LogP contribution >= 0.6 is 0 Å². The Bertz CT molecular complexity index is 911. The molecule has 0 unspecified atom stereocenters. The lowest BCUT2D eigenvalue weighted by molar-refractivity contribution is 0.0792. The Hall–Kier alpha value is -2.48. The first-order valence-electron chi connectivity index (χ1n) is 11.3. The summed E-state index contributed by atoms with van der Waals surface area (Å²) in [6.07, 6.45) is 1.57. The van der Waals surface area contributed by atoms with Gasteiger partial charge in [-0.2, -0.15) is 0 Å². The number of methoxy groups -OCH3 is 3. The molecule has 1 fully saturated rings. The highest BCUT2D eigenvalue weighted by molar-refractivity contribution is 5.55. The maximum atomic E-state index is 9.76. The van der Waals surface area contributed by atoms with E-state index in [1.165, 1.54) is 11.1 Å². The van der Waals surface area contributed by atoms with Gasteiger partial charge in [0.15, 0.2) is 11.5 Å². The molecule has 0 saturated carbocycles. The van der Waals surface area contributed by atoms with Crippen LogP contribution in [-0.4, -0.2) is 68.6 Å². The molecule has 0 aromatic heterocycles. The number of benzene rings is 2. The van der Waals surface area contributed by atoms with Crippen LogP contribution in [0.15, 0.2) is 30.3 Å². The molecule has 0 atom stereocenters. The van der Waals surface area contributed by atoms with Gasteiger partial charge in [-0.05, 0) is 36.6 Å². The Morgan fingerprint density at radius 3 is 2.41 bits per heavy atom. The van der Waals surface area contributed by atoms with E-state index in [0.29, 0.717) is 23.9 Å². The van der Waals surface area contributed by atoms with Crippen molar-refractivity contribution >= 4 is 0 Å². The molecule has 2 aliphatic rings. The standard InChI is InChI=1S/C25H34N2O5/c1-29-23-7-5-19(24(30-2)25(23)31-3)16-27-12-13-32-22-6-4-18(14-20(22)17-27)15-26-10-8-21(28)9-11-26/h4-7,14,21,28H,8-13,15-17H2,1-3H3. The molecule has 2 aromatic rings. The molecule has 2 heterocycles. The highest BCUT2D eigenvalue weighted by Crippen LogP contribution is 2.40. The molecule has 7 nitrogen and oxygen atoms in total. The number of fused-ring (bicyclic) bond motifs is 1. The lowest BCUT2D eigenvalue weighted by atomic mass is 10.0. The Morgan fingerprint density at radius 1 is 0.906 bits per heavy atom. The second-order valence-corrected chi connectivity index (χ2v) is 8.50. The Labute approximate surface area is 190 Å². The van der Waals surface area contributed by atoms with Gasteiger partial charge in [-0.15, -0.1) is 0 Å². The molecule has 4 rings (SSSR count). The minimum atomic E-state index is -0.145. The van der Waals surface area contributed by atoms with Crippen molar-refractivity contribution < 1.29 is 24.1 Å². The second kappa shape index (κ2) is 10.4. The minimum absolute atomic E-state index is 0.145. The third-order valence-corrected chi connectivity index (χ3v) is 6.33. The fourth-order valence-corrected chi connectivity index (χ4v) is 4.60. The van der Waals surface area contributed by atoms with Crippen LogP contribution in [0.1, 0.15) is 29.5 Å². The van der Waals surface area contributed by atoms with Gasteiger partial charge in [0.1, 0.15) is 12.4 Å². The summed E-state index contributed by atoms with van der Waals surface area (Å²) in [4.78, 5) is 4.79. The van der Waals surface area contributed by atoms with E-state index in [9.17, 15) is 5.11 Å². The monoisotopic (exact) mass is 442 g/mol. The van der Waals surface area contributed by atoms with E-state index in [1.807, 2.05) is 12.1 Å². The maximum Gasteiger partial charge on any atom is 0.203 e. The van der Waals surface area contributed by atoms with Crippen molar-refractivity contribution in [1.82, 2.24) is 9.80 Å². The van der Waals surface area contributed by atoms with E-state index >= 15 is 0 Å². The number of aliphatic hydroxyl groups excluding tert-OH is 1. The summed E-state index contributed by atoms with van der Waals surface area (Å²) in [5, 5.41) is 9.76. The summed E-state index contributed by atoms with van der Waals surface area (Å²) in [5.41, 5.74) is 3.54. The van der Waals surface area contributed by atoms with Crippen LogP contribution < -0.4 is 18.9 Å². The number of ether oxygens (including phenoxy) is 4. The van der Waals surface area contributed by atoms with Gasteiger partial charge in [0, 0.05) is 50.4 Å². The van der Waals surface area contributed by atoms with Gasteiger partial charge >= 0.3 is 0 Å². The van der Waals surface area contributed by atoms with Crippen molar-refractivity contribution in [2.75, 3.05) is 47.6 Å². The zero-order valence-corrected chi connectivity index (χ0v) is 19.3. The number of aliphatic hydroxyl groups is 1. The number of rotatable bonds is 7. The fourth-order valence-electron chi connectivity index (χ4n) is 4.60. The smallest absolute Gasteiger partial charge is 0.203 e. The third kappa shape index (κ3) is 5.11. The van der Waals surface area contributed by atoms with E-state index < -0.39 is 0 Å². The number of nitrogens with zero attached hydrogens (tertiary/aromatic N) is 2. The summed E-state index contributed by atoms with van der Waals surface area (Å²) in [6, 6.07) is 10.5. The molecule has 1 saturated heterocycles. The quantitative estimate of drug-likeness (QED) is 0.707. The maximum absolute atomic E-state index is 9.76. The zero-order chi connectivity index (χ0) is 22.5. The predicted molar refractivity (Wildman–Crippen MR) is 123 cm³/mol. The van der Waals surface area contributed by atoms with Gasteiger partial charge in [-0.3, -0.25) is 9.80 Å². The molecule has 32 heavy (non-hydrogen) atoms. The molecule has 2 aliphatic heterocycles. The van der Waals surface area contributed by atoms with Crippen molar-refractivity contribution in [1.29, 1.82) is 0 Å². The molecule has 0 radical (unpaired) electrons. The normalized spacial score (nSPS) is 17.9. The van der Waals surface area contributed by atoms with Crippen LogP contribution in [0.25, 0.3) is 0 Å². The lowest BCUT2D eigenvalue weighted by Gasteiger charge is -2.29. The van der Waals surface area contributed by atoms with E-state index in [0.717, 1.165) is 63.4 Å². The number of hydrogen-bond donors (Lipinski definition) is 1. The molecule has 1 N–H and O–H groups in total. The Balaban J connectivity index is 1.49. The molecule has 7 heteroatoms. The SMILES string of the molecule is COc1ccc(CN2CCOc3ccc(CN4CCC(O)CC4)cc3C2)c(OC)c1OC. The van der Waals surface area contributed by atoms with Crippen LogP contribution in [0.3, 0.4) is 0 Å². The molecule has 0 aliphatic carbocycles. The first-order chi connectivity index (χ1) is 15.6. The third-order valence-electron chi connectivity index (χ3n) is 6.33. The van der Waals surface area contributed by atoms with Crippen LogP contribution in [-0.2, 0) is 19.6 Å². The predicted octanol–water partition coefficient (Wildman–Crippen LogP) is 3.06. The average Bonchev–Trinajstić information content (AvgIpc) is 3.01. The summed E-state index contributed by atoms with van der Waals surface area (Å²) in [5.74, 6) is 2.95. The van der Waals surface area contributed by atoms with Gasteiger partial charge in [-0.25, -0.2) is 0 Å². The topological polar surface area (TPSA) is 63.6 Å². The van der Waals surface area contributed by atoms with Gasteiger partial charge in [0.2, 0.25) is 5.75 Å². The van der Waals surface area contributed by atoms with E-state index in [2.05, 4.69) is 28.0 Å². The van der Waals surface area contributed by atoms with Crippen molar-refractivity contribution in [3.8, 4) is 23.0 Å². The van der Waals surface area contributed by atoms with Crippen LogP contribution in [0.5, 0.6) is 23.0 Å². The van der Waals surface area contributed by atoms with Crippen LogP contribution in [0, 0.1) is 0 Å². The highest BCUT2D eigenvalue weighted by Gasteiger charge is 2.22. The molecule has 0 spiro atoms. The molecule has 0 bridgehead atoms. The molecular formula is C25H34N2O5. The van der Waals surface area contributed by atoms with Crippen molar-refractivity contribution in [2.45, 2.75) is 38.6 Å². The van der Waals surface area contributed by atoms with E-state index in [1.54, 1.807) is 21.3 Å². The fraction of sp³-hybridized carbons (Fsp3) is 0.520. The summed E-state index contributed by atoms with van der Waals surface area (Å²) in [6.45, 7) is 5.79. The van der Waals surface area contributed by atoms with Crippen LogP contribution in [0.4, 0.5) is 0 Å². The van der Waals surface area contributed by atoms with Crippen molar-refractivity contribution in [2.24, 2.45) is 0 Å². The van der Waals surface area contributed by atoms with Gasteiger partial charge in [0.05, 0.1) is 27.4 Å². The molecular weight excluding hydrogens is 408 g/mol. The summed E-state index contributed by atoms with van der Waals surface area (Å²) >= 11 is 0. The van der Waals surface area contributed by atoms with Gasteiger partial charge < -0.3 is 24.1 Å². The first kappa shape index (κ1) is 22.7. The second-order valence-electron chi connectivity index (χ2n) is 8.50. The van der Waals surface area contributed by atoms with Gasteiger partial charge in [0.25, 0.3) is 0 Å². The number of hydrogen-bond acceptors (Lipinski definition) is 7.